The predicted molar refractivity (Wildman–Crippen MR) is 88.9 cm³/mol. The van der Waals surface area contributed by atoms with Crippen LogP contribution in [-0.4, -0.2) is 25.9 Å². The van der Waals surface area contributed by atoms with Gasteiger partial charge in [-0.1, -0.05) is 19.1 Å². The van der Waals surface area contributed by atoms with E-state index in [2.05, 4.69) is 51.2 Å². The SMILES string of the molecule is CCCNC(CCC(C)OC)c1cccc(OC(C)C)c1. The molecule has 120 valence electrons. The Hall–Kier alpha value is -1.06. The molecule has 2 atom stereocenters. The van der Waals surface area contributed by atoms with Gasteiger partial charge in [0.1, 0.15) is 5.75 Å². The third kappa shape index (κ3) is 6.96. The normalized spacial score (nSPS) is 14.2. The molecule has 0 fully saturated rings. The zero-order chi connectivity index (χ0) is 15.7. The third-order valence-corrected chi connectivity index (χ3v) is 3.54. The van der Waals surface area contributed by atoms with Crippen LogP contribution in [0.2, 0.25) is 0 Å². The number of methoxy groups -OCH3 is 1. The van der Waals surface area contributed by atoms with Crippen molar-refractivity contribution >= 4 is 0 Å². The predicted octanol–water partition coefficient (Wildman–Crippen LogP) is 4.33. The molecule has 0 aliphatic heterocycles. The molecule has 3 heteroatoms. The van der Waals surface area contributed by atoms with Crippen LogP contribution in [0.1, 0.15) is 58.6 Å². The quantitative estimate of drug-likeness (QED) is 0.696. The summed E-state index contributed by atoms with van der Waals surface area (Å²) in [6, 6.07) is 8.80. The Kier molecular flexibility index (Phi) is 8.40. The van der Waals surface area contributed by atoms with Gasteiger partial charge >= 0.3 is 0 Å². The van der Waals surface area contributed by atoms with Gasteiger partial charge in [0.05, 0.1) is 12.2 Å². The number of hydrogen-bond acceptors (Lipinski definition) is 3. The molecule has 21 heavy (non-hydrogen) atoms. The molecule has 1 N–H and O–H groups in total. The van der Waals surface area contributed by atoms with Gasteiger partial charge < -0.3 is 14.8 Å². The number of rotatable bonds is 10. The summed E-state index contributed by atoms with van der Waals surface area (Å²) in [5, 5.41) is 3.63. The van der Waals surface area contributed by atoms with Crippen LogP contribution in [0.4, 0.5) is 0 Å². The molecular weight excluding hydrogens is 262 g/mol. The maximum absolute atomic E-state index is 5.80. The highest BCUT2D eigenvalue weighted by atomic mass is 16.5. The summed E-state index contributed by atoms with van der Waals surface area (Å²) in [6.07, 6.45) is 3.76. The number of hydrogen-bond donors (Lipinski definition) is 1. The van der Waals surface area contributed by atoms with E-state index in [-0.39, 0.29) is 6.10 Å². The Labute approximate surface area is 130 Å². The van der Waals surface area contributed by atoms with E-state index >= 15 is 0 Å². The summed E-state index contributed by atoms with van der Waals surface area (Å²) < 4.78 is 11.2. The molecule has 0 spiro atoms. The average molecular weight is 293 g/mol. The van der Waals surface area contributed by atoms with E-state index < -0.39 is 0 Å². The summed E-state index contributed by atoms with van der Waals surface area (Å²) in [6.45, 7) is 9.45. The lowest BCUT2D eigenvalue weighted by Crippen LogP contribution is -2.23. The topological polar surface area (TPSA) is 30.5 Å². The lowest BCUT2D eigenvalue weighted by atomic mass is 10.00. The van der Waals surface area contributed by atoms with Gasteiger partial charge in [-0.15, -0.1) is 0 Å². The second-order valence-electron chi connectivity index (χ2n) is 5.87. The lowest BCUT2D eigenvalue weighted by Gasteiger charge is -2.21. The Morgan fingerprint density at radius 3 is 2.52 bits per heavy atom. The van der Waals surface area contributed by atoms with Crippen molar-refractivity contribution in [1.29, 1.82) is 0 Å². The first kappa shape index (κ1) is 18.0. The van der Waals surface area contributed by atoms with Crippen molar-refractivity contribution in [3.8, 4) is 5.75 Å². The second-order valence-corrected chi connectivity index (χ2v) is 5.87. The Morgan fingerprint density at radius 2 is 1.90 bits per heavy atom. The molecule has 0 radical (unpaired) electrons. The minimum atomic E-state index is 0.204. The van der Waals surface area contributed by atoms with Crippen molar-refractivity contribution in [2.24, 2.45) is 0 Å². The van der Waals surface area contributed by atoms with Crippen LogP contribution < -0.4 is 10.1 Å². The summed E-state index contributed by atoms with van der Waals surface area (Å²) in [5.74, 6) is 0.950. The summed E-state index contributed by atoms with van der Waals surface area (Å²) >= 11 is 0. The average Bonchev–Trinajstić information content (AvgIpc) is 2.46. The molecule has 0 saturated heterocycles. The number of nitrogens with one attached hydrogen (secondary N) is 1. The van der Waals surface area contributed by atoms with E-state index in [9.17, 15) is 0 Å². The third-order valence-electron chi connectivity index (χ3n) is 3.54. The highest BCUT2D eigenvalue weighted by molar-refractivity contribution is 5.30. The van der Waals surface area contributed by atoms with Crippen LogP contribution in [0.5, 0.6) is 5.75 Å². The Morgan fingerprint density at radius 1 is 1.14 bits per heavy atom. The van der Waals surface area contributed by atoms with E-state index in [1.54, 1.807) is 7.11 Å². The fourth-order valence-corrected chi connectivity index (χ4v) is 2.30. The van der Waals surface area contributed by atoms with Crippen molar-refractivity contribution in [3.05, 3.63) is 29.8 Å². The van der Waals surface area contributed by atoms with Crippen LogP contribution in [0.25, 0.3) is 0 Å². The van der Waals surface area contributed by atoms with E-state index in [0.29, 0.717) is 12.1 Å². The molecule has 0 aliphatic carbocycles. The first-order valence-corrected chi connectivity index (χ1v) is 8.09. The molecule has 0 aliphatic rings. The largest absolute Gasteiger partial charge is 0.491 e. The van der Waals surface area contributed by atoms with E-state index in [1.807, 2.05) is 6.07 Å². The van der Waals surface area contributed by atoms with Crippen molar-refractivity contribution in [2.45, 2.75) is 65.2 Å². The van der Waals surface area contributed by atoms with Gasteiger partial charge in [-0.05, 0) is 64.3 Å². The van der Waals surface area contributed by atoms with Gasteiger partial charge in [-0.2, -0.15) is 0 Å². The van der Waals surface area contributed by atoms with Gasteiger partial charge in [-0.3, -0.25) is 0 Å². The van der Waals surface area contributed by atoms with Crippen molar-refractivity contribution < 1.29 is 9.47 Å². The fourth-order valence-electron chi connectivity index (χ4n) is 2.30. The smallest absolute Gasteiger partial charge is 0.120 e. The molecule has 1 rings (SSSR count). The van der Waals surface area contributed by atoms with Gasteiger partial charge in [0.15, 0.2) is 0 Å². The van der Waals surface area contributed by atoms with Crippen LogP contribution >= 0.6 is 0 Å². The van der Waals surface area contributed by atoms with Gasteiger partial charge in [0, 0.05) is 13.2 Å². The van der Waals surface area contributed by atoms with Crippen LogP contribution in [-0.2, 0) is 4.74 Å². The van der Waals surface area contributed by atoms with Crippen LogP contribution in [0.3, 0.4) is 0 Å². The molecule has 3 nitrogen and oxygen atoms in total. The summed E-state index contributed by atoms with van der Waals surface area (Å²) in [5.41, 5.74) is 1.30. The zero-order valence-corrected chi connectivity index (χ0v) is 14.2. The molecule has 2 unspecified atom stereocenters. The maximum atomic E-state index is 5.80. The van der Waals surface area contributed by atoms with Crippen molar-refractivity contribution in [2.75, 3.05) is 13.7 Å². The molecule has 0 heterocycles. The summed E-state index contributed by atoms with van der Waals surface area (Å²) in [7, 11) is 1.77. The van der Waals surface area contributed by atoms with Gasteiger partial charge in [0.25, 0.3) is 0 Å². The molecule has 0 amide bonds. The highest BCUT2D eigenvalue weighted by Gasteiger charge is 2.13. The Balaban J connectivity index is 2.76. The lowest BCUT2D eigenvalue weighted by molar-refractivity contribution is 0.106. The zero-order valence-electron chi connectivity index (χ0n) is 14.2. The number of ether oxygens (including phenoxy) is 2. The molecular formula is C18H31NO2. The minimum Gasteiger partial charge on any atom is -0.491 e. The van der Waals surface area contributed by atoms with Crippen molar-refractivity contribution in [1.82, 2.24) is 5.32 Å². The molecule has 1 aromatic carbocycles. The molecule has 1 aromatic rings. The first-order valence-electron chi connectivity index (χ1n) is 8.09. The van der Waals surface area contributed by atoms with Gasteiger partial charge in [0.2, 0.25) is 0 Å². The van der Waals surface area contributed by atoms with Crippen LogP contribution in [0.15, 0.2) is 24.3 Å². The van der Waals surface area contributed by atoms with E-state index in [1.165, 1.54) is 5.56 Å². The molecule has 0 bridgehead atoms. The number of benzene rings is 1. The van der Waals surface area contributed by atoms with E-state index in [0.717, 1.165) is 31.6 Å². The fraction of sp³-hybridized carbons (Fsp3) is 0.667. The second kappa shape index (κ2) is 9.80. The van der Waals surface area contributed by atoms with Crippen molar-refractivity contribution in [3.63, 3.8) is 0 Å². The molecule has 0 saturated carbocycles. The van der Waals surface area contributed by atoms with E-state index in [4.69, 9.17) is 9.47 Å². The minimum absolute atomic E-state index is 0.204. The molecule has 0 aromatic heterocycles. The Bertz CT molecular complexity index is 393. The van der Waals surface area contributed by atoms with Gasteiger partial charge in [-0.25, -0.2) is 0 Å². The summed E-state index contributed by atoms with van der Waals surface area (Å²) in [4.78, 5) is 0. The monoisotopic (exact) mass is 293 g/mol. The highest BCUT2D eigenvalue weighted by Crippen LogP contribution is 2.24. The first-order chi connectivity index (χ1) is 10.1. The maximum Gasteiger partial charge on any atom is 0.120 e. The standard InChI is InChI=1S/C18H31NO2/c1-6-12-19-18(11-10-15(4)20-5)16-8-7-9-17(13-16)21-14(2)3/h7-9,13-15,18-19H,6,10-12H2,1-5H3. The van der Waals surface area contributed by atoms with Crippen LogP contribution in [0, 0.1) is 0 Å².